The minimum Gasteiger partial charge on any atom is -0.469 e. The third kappa shape index (κ3) is 2.26. The lowest BCUT2D eigenvalue weighted by molar-refractivity contribution is -0.140. The molecule has 0 N–H and O–H groups in total. The highest BCUT2D eigenvalue weighted by molar-refractivity contribution is 6.43. The van der Waals surface area contributed by atoms with Crippen LogP contribution in [0.1, 0.15) is 121 Å². The molecule has 0 spiro atoms. The summed E-state index contributed by atoms with van der Waals surface area (Å²) >= 11 is 0. The lowest BCUT2D eigenvalue weighted by atomic mass is 9.45. The maximum atomic E-state index is 13.0. The quantitative estimate of drug-likeness (QED) is 0.0954. The summed E-state index contributed by atoms with van der Waals surface area (Å²) in [5.74, 6) is 1.96. The lowest BCUT2D eigenvalue weighted by Gasteiger charge is -2.56. The summed E-state index contributed by atoms with van der Waals surface area (Å²) in [5, 5.41) is 25.4. The largest absolute Gasteiger partial charge is 0.469 e. The normalized spacial score (nSPS) is 26.6. The van der Waals surface area contributed by atoms with Crippen LogP contribution in [0.25, 0.3) is 76.1 Å². The van der Waals surface area contributed by atoms with Crippen LogP contribution in [0.15, 0.2) is 78.9 Å². The van der Waals surface area contributed by atoms with E-state index < -0.39 is 0 Å². The van der Waals surface area contributed by atoms with Gasteiger partial charge in [0.2, 0.25) is 0 Å². The molecular formula is C60H32O2. The van der Waals surface area contributed by atoms with Crippen molar-refractivity contribution in [2.75, 3.05) is 7.11 Å². The van der Waals surface area contributed by atoms with E-state index in [1.54, 1.807) is 155 Å². The van der Waals surface area contributed by atoms with Gasteiger partial charge in [-0.3, -0.25) is 4.79 Å². The first-order chi connectivity index (χ1) is 30.7. The van der Waals surface area contributed by atoms with Crippen LogP contribution < -0.4 is 0 Å². The topological polar surface area (TPSA) is 26.3 Å². The number of benzene rings is 9. The van der Waals surface area contributed by atoms with E-state index in [-0.39, 0.29) is 17.3 Å². The highest BCUT2D eigenvalue weighted by Crippen LogP contribution is 2.81. The monoisotopic (exact) mass is 784 g/mol. The number of allylic oxidation sites excluding steroid dienone is 4. The van der Waals surface area contributed by atoms with Crippen molar-refractivity contribution in [3.63, 3.8) is 0 Å². The first kappa shape index (κ1) is 28.9. The molecule has 0 saturated carbocycles. The van der Waals surface area contributed by atoms with Crippen molar-refractivity contribution in [2.45, 2.75) is 67.1 Å². The molecule has 12 aliphatic carbocycles. The smallest absolute Gasteiger partial charge is 0.305 e. The van der Waals surface area contributed by atoms with Gasteiger partial charge in [-0.1, -0.05) is 66.7 Å². The van der Waals surface area contributed by atoms with Crippen LogP contribution in [0, 0.1) is 37.2 Å². The summed E-state index contributed by atoms with van der Waals surface area (Å²) in [6, 6.07) is 27.3. The van der Waals surface area contributed by atoms with E-state index in [9.17, 15) is 4.79 Å². The molecule has 0 aromatic heterocycles. The van der Waals surface area contributed by atoms with Crippen molar-refractivity contribution in [1.29, 1.82) is 0 Å². The van der Waals surface area contributed by atoms with E-state index in [0.29, 0.717) is 36.0 Å². The second kappa shape index (κ2) is 8.13. The van der Waals surface area contributed by atoms with Crippen molar-refractivity contribution < 1.29 is 9.53 Å². The number of ether oxygens (including phenoxy) is 1. The van der Waals surface area contributed by atoms with Gasteiger partial charge in [-0.15, -0.1) is 0 Å². The molecule has 0 saturated heterocycles. The minimum absolute atomic E-state index is 0.0963. The molecule has 0 amide bonds. The Kier molecular flexibility index (Phi) is 3.79. The number of carbonyl (C=O) groups excluding carboxylic acids is 1. The fourth-order valence-electron chi connectivity index (χ4n) is 19.3. The molecule has 284 valence electrons. The Morgan fingerprint density at radius 2 is 1.27 bits per heavy atom. The van der Waals surface area contributed by atoms with Crippen molar-refractivity contribution in [1.82, 2.24) is 0 Å². The van der Waals surface area contributed by atoms with Gasteiger partial charge >= 0.3 is 5.97 Å². The molecule has 9 aromatic carbocycles. The highest BCUT2D eigenvalue weighted by Gasteiger charge is 2.68. The van der Waals surface area contributed by atoms with Crippen molar-refractivity contribution in [3.8, 4) is 11.1 Å². The molecule has 62 heavy (non-hydrogen) atoms. The Bertz CT molecular complexity index is 4570. The Hall–Kier alpha value is -6.51. The Morgan fingerprint density at radius 1 is 0.597 bits per heavy atom. The molecule has 0 aliphatic heterocycles. The Morgan fingerprint density at radius 3 is 2.08 bits per heavy atom. The molecule has 0 radical (unpaired) electrons. The van der Waals surface area contributed by atoms with Crippen LogP contribution in [0.3, 0.4) is 0 Å². The van der Waals surface area contributed by atoms with Crippen LogP contribution in [0.4, 0.5) is 0 Å². The molecule has 7 atom stereocenters. The Labute approximate surface area is 352 Å². The fourth-order valence-corrected chi connectivity index (χ4v) is 19.3. The van der Waals surface area contributed by atoms with Gasteiger partial charge in [0.05, 0.1) is 7.11 Å². The minimum atomic E-state index is -0.278. The number of methoxy groups -OCH3 is 1. The number of rotatable bonds is 6. The molecule has 0 bridgehead atoms. The van der Waals surface area contributed by atoms with E-state index in [2.05, 4.69) is 78.9 Å². The fraction of sp³-hybridized carbons (Fsp3) is 0.217. The zero-order valence-electron chi connectivity index (χ0n) is 33.8. The summed E-state index contributed by atoms with van der Waals surface area (Å²) in [5.41, 5.74) is 27.5. The molecule has 12 aliphatic rings. The maximum Gasteiger partial charge on any atom is 0.305 e. The third-order valence-corrected chi connectivity index (χ3v) is 20.2. The third-order valence-electron chi connectivity index (χ3n) is 20.2. The Balaban J connectivity index is 1.11. The van der Waals surface area contributed by atoms with E-state index in [1.807, 2.05) is 0 Å². The average Bonchev–Trinajstić information content (AvgIpc) is 4.16. The highest BCUT2D eigenvalue weighted by atomic mass is 16.5. The summed E-state index contributed by atoms with van der Waals surface area (Å²) in [7, 11) is 1.55. The zero-order valence-corrected chi connectivity index (χ0v) is 33.8. The second-order valence-corrected chi connectivity index (χ2v) is 21.5. The first-order valence-corrected chi connectivity index (χ1v) is 23.5. The summed E-state index contributed by atoms with van der Waals surface area (Å²) in [6.45, 7) is 0. The zero-order chi connectivity index (χ0) is 39.0. The van der Waals surface area contributed by atoms with Gasteiger partial charge in [0, 0.05) is 41.4 Å². The van der Waals surface area contributed by atoms with Crippen LogP contribution in [0.5, 0.6) is 0 Å². The van der Waals surface area contributed by atoms with Crippen molar-refractivity contribution >= 4 is 71.0 Å². The molecular weight excluding hydrogens is 753 g/mol. The summed E-state index contributed by atoms with van der Waals surface area (Å²) in [4.78, 5) is 13.0. The van der Waals surface area contributed by atoms with Gasteiger partial charge in [-0.05, 0) is 224 Å². The predicted octanol–water partition coefficient (Wildman–Crippen LogP) is 12.4. The van der Waals surface area contributed by atoms with Crippen LogP contribution in [-0.4, -0.2) is 13.1 Å². The van der Waals surface area contributed by atoms with Crippen LogP contribution >= 0.6 is 0 Å². The van der Waals surface area contributed by atoms with Gasteiger partial charge in [-0.25, -0.2) is 0 Å². The van der Waals surface area contributed by atoms with Gasteiger partial charge in [0.15, 0.2) is 0 Å². The van der Waals surface area contributed by atoms with Crippen LogP contribution in [0.2, 0.25) is 0 Å². The van der Waals surface area contributed by atoms with Crippen molar-refractivity contribution in [2.24, 2.45) is 5.92 Å². The number of hydrogen-bond donors (Lipinski definition) is 0. The first-order valence-electron chi connectivity index (χ1n) is 23.5. The van der Waals surface area contributed by atoms with E-state index in [4.69, 9.17) is 4.74 Å². The molecule has 0 fully saturated rings. The van der Waals surface area contributed by atoms with Gasteiger partial charge in [0.25, 0.3) is 0 Å². The maximum absolute atomic E-state index is 13.0. The SMILES string of the molecule is COC(=O)CCCC(c1ccccc1)C12c3c4c5ccc3=c3ccc6c(c31)-c1c3c7c8c9c%10c(c=5cc5c%10c%10c%11c9c9c%12c%13c%14c(cc=6c1c%14c79)CC%13=CC(C=C%10C5)C%11%12)C4C8C32. The second-order valence-electron chi connectivity index (χ2n) is 21.5. The van der Waals surface area contributed by atoms with Gasteiger partial charge in [-0.2, -0.15) is 0 Å². The number of hydrogen-bond acceptors (Lipinski definition) is 2. The van der Waals surface area contributed by atoms with Crippen LogP contribution in [-0.2, 0) is 27.8 Å². The average molecular weight is 785 g/mol. The van der Waals surface area contributed by atoms with E-state index in [1.165, 1.54) is 31.7 Å². The molecule has 2 heteroatoms. The van der Waals surface area contributed by atoms with Crippen molar-refractivity contribution in [3.05, 3.63) is 183 Å². The molecule has 21 rings (SSSR count). The standard InChI is InChI=1S/C60H32O2/c1-62-33(61)9-5-8-32(20-6-3-2-4-7-20)60-57-28-12-10-26-30-18-24-16-21-14-23-15-22-17-25-19-31-27-11-13-29(28)58(60)42(27)48-40(31)46-37(25)35(22)44-38(23)43-34(21)36(24)45-39(30)47(41(26)57)55-53-51(45)49(43)50(44)52(46)54(53)56(48)59(55)60/h2-4,6-7,10-15,18-19,23,32,38,47,55,59H,5,8-9,16-17H2,1H3. The number of carbonyl (C=O) groups is 1. The molecule has 0 heterocycles. The van der Waals surface area contributed by atoms with Gasteiger partial charge < -0.3 is 4.74 Å². The summed E-state index contributed by atoms with van der Waals surface area (Å²) in [6.07, 6.45) is 9.82. The lowest BCUT2D eigenvalue weighted by Crippen LogP contribution is -2.48. The molecule has 2 nitrogen and oxygen atoms in total. The van der Waals surface area contributed by atoms with Gasteiger partial charge in [0.1, 0.15) is 0 Å². The number of esters is 1. The van der Waals surface area contributed by atoms with E-state index in [0.717, 1.165) is 25.7 Å². The molecule has 7 unspecified atom stereocenters. The molecule has 9 aromatic rings. The van der Waals surface area contributed by atoms with E-state index >= 15 is 0 Å². The predicted molar refractivity (Wildman–Crippen MR) is 242 cm³/mol. The summed E-state index contributed by atoms with van der Waals surface area (Å²) < 4.78 is 5.33.